The van der Waals surface area contributed by atoms with Gasteiger partial charge in [0, 0.05) is 72.7 Å². The fourth-order valence-electron chi connectivity index (χ4n) is 17.3. The standard InChI is InChI=1S/C99H144N2O13/c1-7-13-16-19-22-25-28-31-34-37-43-76-72-80(73-77(44-38-35-32-29-26-23-20-17-14-8-2)82(76)47-39-36-33-30-27-24-21-18-15-9-3)100-96(102)88-53-49-84-86-51-55-90-95-91(56-52-87(93(86)95)85-50-54-89(97(100)103)94(88)92(84)85)99(105)101(98(90)104)81-74-78(45-40-57-109-66-69-112-63-60-106-10-4)83(48-42-59-111-68-71-114-65-62-108-12-6)79(75-81)46-41-58-110-67-70-113-64-61-107-11-5/h49-56,72-75H,7-48,57-71H2,1-6H3. The van der Waals surface area contributed by atoms with E-state index in [-0.39, 0.29) is 11.8 Å². The summed E-state index contributed by atoms with van der Waals surface area (Å²) in [5, 5.41) is 6.37. The van der Waals surface area contributed by atoms with Crippen molar-refractivity contribution in [3.8, 4) is 0 Å². The maximum absolute atomic E-state index is 15.7. The molecule has 0 N–H and O–H groups in total. The zero-order valence-electron chi connectivity index (χ0n) is 71.4. The van der Waals surface area contributed by atoms with E-state index in [9.17, 15) is 0 Å². The first kappa shape index (κ1) is 91.7. The number of amides is 4. The average Bonchev–Trinajstić information content (AvgIpc) is 0.689. The molecule has 9 rings (SSSR count). The smallest absolute Gasteiger partial charge is 0.265 e. The van der Waals surface area contributed by atoms with Crippen molar-refractivity contribution in [2.45, 2.75) is 292 Å². The van der Waals surface area contributed by atoms with Crippen molar-refractivity contribution >= 4 is 78.1 Å². The molecular formula is C99H144N2O13. The van der Waals surface area contributed by atoms with Gasteiger partial charge < -0.3 is 42.6 Å². The Labute approximate surface area is 685 Å². The molecule has 0 unspecified atom stereocenters. The molecule has 0 saturated carbocycles. The van der Waals surface area contributed by atoms with Gasteiger partial charge in [0.1, 0.15) is 0 Å². The van der Waals surface area contributed by atoms with Gasteiger partial charge in [0.2, 0.25) is 0 Å². The van der Waals surface area contributed by atoms with Gasteiger partial charge in [0.25, 0.3) is 23.6 Å². The molecule has 0 atom stereocenters. The number of imide groups is 2. The minimum atomic E-state index is -0.393. The Kier molecular flexibility index (Phi) is 42.8. The third kappa shape index (κ3) is 27.4. The molecule has 0 aromatic heterocycles. The van der Waals surface area contributed by atoms with E-state index in [2.05, 4.69) is 32.9 Å². The number of hydrogen-bond acceptors (Lipinski definition) is 13. The molecule has 4 amide bonds. The molecule has 0 radical (unpaired) electrons. The van der Waals surface area contributed by atoms with Crippen LogP contribution in [-0.2, 0) is 81.2 Å². The molecule has 2 aliphatic rings. The van der Waals surface area contributed by atoms with Crippen LogP contribution >= 0.6 is 0 Å². The minimum absolute atomic E-state index is 0.300. The van der Waals surface area contributed by atoms with Crippen LogP contribution in [0.3, 0.4) is 0 Å². The van der Waals surface area contributed by atoms with Crippen LogP contribution in [0, 0.1) is 0 Å². The van der Waals surface area contributed by atoms with Crippen molar-refractivity contribution in [2.24, 2.45) is 0 Å². The summed E-state index contributed by atoms with van der Waals surface area (Å²) in [5.74, 6) is -1.39. The molecule has 0 bridgehead atoms. The van der Waals surface area contributed by atoms with Crippen LogP contribution in [0.25, 0.3) is 43.1 Å². The molecule has 114 heavy (non-hydrogen) atoms. The molecule has 7 aromatic rings. The van der Waals surface area contributed by atoms with Gasteiger partial charge in [0.15, 0.2) is 0 Å². The minimum Gasteiger partial charge on any atom is -0.379 e. The first-order valence-corrected chi connectivity index (χ1v) is 45.7. The molecule has 15 nitrogen and oxygen atoms in total. The molecule has 2 aliphatic heterocycles. The molecule has 0 fully saturated rings. The summed E-state index contributed by atoms with van der Waals surface area (Å²) in [7, 11) is 0. The average molecular weight is 1570 g/mol. The Balaban J connectivity index is 1.01. The number of fused-ring (bicyclic) bond motifs is 2. The maximum Gasteiger partial charge on any atom is 0.265 e. The highest BCUT2D eigenvalue weighted by molar-refractivity contribution is 6.45. The number of aryl methyl sites for hydroxylation is 4. The van der Waals surface area contributed by atoms with Gasteiger partial charge in [-0.3, -0.25) is 19.2 Å². The fourth-order valence-corrected chi connectivity index (χ4v) is 17.3. The SMILES string of the molecule is CCCCCCCCCCCCc1cc(N2C(=O)c3ccc4c5ccc6c7c(ccc(c8ccc(c3c48)C2=O)c75)C(=O)N(c2cc(CCCOCCOCCOCC)c(CCCOCCOCCOCC)c(CCCOCCOCCOCC)c2)C6=O)cc(CCCCCCCCCCCC)c1CCCCCCCCCCCC. The Morgan fingerprint density at radius 1 is 0.219 bits per heavy atom. The molecule has 15 heteroatoms. The third-order valence-electron chi connectivity index (χ3n) is 23.4. The van der Waals surface area contributed by atoms with E-state index in [1.807, 2.05) is 81.4 Å². The van der Waals surface area contributed by atoms with Crippen LogP contribution < -0.4 is 9.80 Å². The lowest BCUT2D eigenvalue weighted by atomic mass is 9.82. The lowest BCUT2D eigenvalue weighted by molar-refractivity contribution is 0.0163. The zero-order valence-corrected chi connectivity index (χ0v) is 71.4. The van der Waals surface area contributed by atoms with Crippen molar-refractivity contribution in [3.05, 3.63) is 128 Å². The summed E-state index contributed by atoms with van der Waals surface area (Å²) >= 11 is 0. The molecule has 0 spiro atoms. The van der Waals surface area contributed by atoms with Crippen LogP contribution in [0.5, 0.6) is 0 Å². The third-order valence-corrected chi connectivity index (χ3v) is 23.4. The number of carbonyl (C=O) groups excluding carboxylic acids is 4. The molecule has 2 heterocycles. The normalized spacial score (nSPS) is 13.1. The summed E-state index contributed by atoms with van der Waals surface area (Å²) in [5.41, 5.74) is 10.5. The number of carbonyl (C=O) groups is 4. The predicted octanol–water partition coefficient (Wildman–Crippen LogP) is 23.7. The first-order valence-electron chi connectivity index (χ1n) is 45.7. The van der Waals surface area contributed by atoms with Crippen LogP contribution in [0.15, 0.2) is 72.8 Å². The number of anilines is 2. The molecular weight excluding hydrogens is 1430 g/mol. The lowest BCUT2D eigenvalue weighted by Gasteiger charge is -2.31. The van der Waals surface area contributed by atoms with Crippen LogP contribution in [0.2, 0.25) is 0 Å². The second kappa shape index (κ2) is 53.2. The van der Waals surface area contributed by atoms with Gasteiger partial charge in [-0.05, 0) is 212 Å². The van der Waals surface area contributed by atoms with Gasteiger partial charge in [-0.15, -0.1) is 0 Å². The number of ether oxygens (including phenoxy) is 9. The Morgan fingerprint density at radius 2 is 0.430 bits per heavy atom. The van der Waals surface area contributed by atoms with Crippen molar-refractivity contribution in [1.29, 1.82) is 0 Å². The molecule has 0 saturated heterocycles. The Morgan fingerprint density at radius 3 is 0.693 bits per heavy atom. The monoisotopic (exact) mass is 1570 g/mol. The maximum atomic E-state index is 15.7. The topological polar surface area (TPSA) is 158 Å². The first-order chi connectivity index (χ1) is 56.2. The van der Waals surface area contributed by atoms with Gasteiger partial charge >= 0.3 is 0 Å². The van der Waals surface area contributed by atoms with Crippen LogP contribution in [0.4, 0.5) is 11.4 Å². The van der Waals surface area contributed by atoms with Crippen molar-refractivity contribution in [2.75, 3.05) is 129 Å². The molecule has 7 aromatic carbocycles. The van der Waals surface area contributed by atoms with E-state index in [0.29, 0.717) is 189 Å². The van der Waals surface area contributed by atoms with Gasteiger partial charge in [-0.2, -0.15) is 0 Å². The van der Waals surface area contributed by atoms with Crippen molar-refractivity contribution in [3.63, 3.8) is 0 Å². The van der Waals surface area contributed by atoms with Gasteiger partial charge in [0.05, 0.1) is 90.7 Å². The highest BCUT2D eigenvalue weighted by Crippen LogP contribution is 2.48. The number of benzene rings is 7. The lowest BCUT2D eigenvalue weighted by Crippen LogP contribution is -2.41. The molecule has 628 valence electrons. The van der Waals surface area contributed by atoms with E-state index < -0.39 is 11.8 Å². The second-order valence-electron chi connectivity index (χ2n) is 31.9. The van der Waals surface area contributed by atoms with Crippen molar-refractivity contribution < 1.29 is 61.8 Å². The largest absolute Gasteiger partial charge is 0.379 e. The predicted molar refractivity (Wildman–Crippen MR) is 469 cm³/mol. The number of nitrogens with zero attached hydrogens (tertiary/aromatic N) is 2. The van der Waals surface area contributed by atoms with Crippen LogP contribution in [0.1, 0.15) is 328 Å². The fraction of sp³-hybridized carbons (Fsp3) is 0.636. The Bertz CT molecular complexity index is 3510. The van der Waals surface area contributed by atoms with E-state index in [1.165, 1.54) is 205 Å². The summed E-state index contributed by atoms with van der Waals surface area (Å²) in [6.45, 7) is 22.2. The summed E-state index contributed by atoms with van der Waals surface area (Å²) in [6.07, 6.45) is 45.4. The summed E-state index contributed by atoms with van der Waals surface area (Å²) < 4.78 is 51.9. The highest BCUT2D eigenvalue weighted by atomic mass is 16.6. The van der Waals surface area contributed by atoms with Crippen molar-refractivity contribution in [1.82, 2.24) is 0 Å². The Hall–Kier alpha value is -6.24. The number of unbranched alkanes of at least 4 members (excludes halogenated alkanes) is 27. The van der Waals surface area contributed by atoms with E-state index in [0.717, 1.165) is 94.8 Å². The molecule has 0 aliphatic carbocycles. The van der Waals surface area contributed by atoms with E-state index in [4.69, 9.17) is 42.6 Å². The highest BCUT2D eigenvalue weighted by Gasteiger charge is 2.39. The van der Waals surface area contributed by atoms with Gasteiger partial charge in [-0.1, -0.05) is 218 Å². The summed E-state index contributed by atoms with van der Waals surface area (Å²) in [4.78, 5) is 65.7. The number of rotatable bonds is 68. The zero-order chi connectivity index (χ0) is 80.2. The quantitative estimate of drug-likeness (QED) is 0.0154. The second-order valence-corrected chi connectivity index (χ2v) is 31.9. The van der Waals surface area contributed by atoms with Crippen LogP contribution in [-0.4, -0.2) is 143 Å². The van der Waals surface area contributed by atoms with E-state index in [1.54, 1.807) is 0 Å². The van der Waals surface area contributed by atoms with E-state index >= 15 is 19.2 Å². The number of hydrogen-bond donors (Lipinski definition) is 0. The van der Waals surface area contributed by atoms with Gasteiger partial charge in [-0.25, -0.2) is 9.80 Å². The summed E-state index contributed by atoms with van der Waals surface area (Å²) in [6, 6.07) is 24.3.